The van der Waals surface area contributed by atoms with Crippen molar-refractivity contribution in [2.24, 2.45) is 11.8 Å². The van der Waals surface area contributed by atoms with Crippen LogP contribution in [-0.2, 0) is 9.59 Å². The highest BCUT2D eigenvalue weighted by Crippen LogP contribution is 2.33. The summed E-state index contributed by atoms with van der Waals surface area (Å²) in [4.78, 5) is 23.6. The molecule has 21 heavy (non-hydrogen) atoms. The zero-order valence-corrected chi connectivity index (χ0v) is 13.6. The molecule has 5 heteroatoms. The molecule has 1 saturated carbocycles. The minimum Gasteiger partial charge on any atom is -0.481 e. The van der Waals surface area contributed by atoms with Gasteiger partial charge in [0.15, 0.2) is 0 Å². The second-order valence-electron chi connectivity index (χ2n) is 5.50. The fourth-order valence-corrected chi connectivity index (χ4v) is 3.23. The maximum absolute atomic E-state index is 12.4. The van der Waals surface area contributed by atoms with Gasteiger partial charge < -0.3 is 10.4 Å². The summed E-state index contributed by atoms with van der Waals surface area (Å²) >= 11 is 3.39. The third-order valence-corrected chi connectivity index (χ3v) is 4.70. The van der Waals surface area contributed by atoms with E-state index >= 15 is 0 Å². The predicted octanol–water partition coefficient (Wildman–Crippen LogP) is 3.52. The maximum Gasteiger partial charge on any atom is 0.307 e. The molecule has 0 heterocycles. The van der Waals surface area contributed by atoms with Crippen LogP contribution >= 0.6 is 15.9 Å². The Morgan fingerprint density at radius 3 is 2.48 bits per heavy atom. The molecule has 0 bridgehead atoms. The van der Waals surface area contributed by atoms with Gasteiger partial charge >= 0.3 is 5.97 Å². The van der Waals surface area contributed by atoms with E-state index < -0.39 is 17.8 Å². The summed E-state index contributed by atoms with van der Waals surface area (Å²) in [5, 5.41) is 12.2. The third kappa shape index (κ3) is 3.84. The number of carbonyl (C=O) groups is 2. The summed E-state index contributed by atoms with van der Waals surface area (Å²) in [6, 6.07) is 7.77. The summed E-state index contributed by atoms with van der Waals surface area (Å²) in [5.74, 6) is -1.92. The summed E-state index contributed by atoms with van der Waals surface area (Å²) in [5.41, 5.74) is 1.04. The molecular formula is C16H20BrNO3. The zero-order chi connectivity index (χ0) is 15.4. The fraction of sp³-hybridized carbons (Fsp3) is 0.500. The molecule has 2 rings (SSSR count). The Bertz CT molecular complexity index is 515. The van der Waals surface area contributed by atoms with Crippen molar-refractivity contribution in [2.45, 2.75) is 38.6 Å². The van der Waals surface area contributed by atoms with Crippen molar-refractivity contribution in [3.8, 4) is 0 Å². The molecule has 3 atom stereocenters. The second-order valence-corrected chi connectivity index (χ2v) is 6.42. The quantitative estimate of drug-likeness (QED) is 0.850. The lowest BCUT2D eigenvalue weighted by Gasteiger charge is -2.22. The Balaban J connectivity index is 2.06. The summed E-state index contributed by atoms with van der Waals surface area (Å²) < 4.78 is 0.995. The van der Waals surface area contributed by atoms with Crippen molar-refractivity contribution < 1.29 is 14.7 Å². The molecule has 4 nitrogen and oxygen atoms in total. The van der Waals surface area contributed by atoms with Crippen LogP contribution in [0.2, 0.25) is 0 Å². The maximum atomic E-state index is 12.4. The largest absolute Gasteiger partial charge is 0.481 e. The predicted molar refractivity (Wildman–Crippen MR) is 83.8 cm³/mol. The highest BCUT2D eigenvalue weighted by molar-refractivity contribution is 9.10. The fourth-order valence-electron chi connectivity index (χ4n) is 2.96. The van der Waals surface area contributed by atoms with E-state index in [2.05, 4.69) is 21.2 Å². The first-order valence-corrected chi connectivity index (χ1v) is 8.11. The molecule has 1 fully saturated rings. The van der Waals surface area contributed by atoms with Gasteiger partial charge in [-0.1, -0.05) is 41.4 Å². The van der Waals surface area contributed by atoms with E-state index in [1.807, 2.05) is 31.2 Å². The normalized spacial score (nSPS) is 22.8. The summed E-state index contributed by atoms with van der Waals surface area (Å²) in [6.07, 6.45) is 2.85. The minimum absolute atomic E-state index is 0.0688. The zero-order valence-electron chi connectivity index (χ0n) is 12.0. The summed E-state index contributed by atoms with van der Waals surface area (Å²) in [6.45, 7) is 2.01. The van der Waals surface area contributed by atoms with Crippen LogP contribution in [0.25, 0.3) is 0 Å². The van der Waals surface area contributed by atoms with Crippen LogP contribution in [-0.4, -0.2) is 17.0 Å². The number of amides is 1. The Labute approximate surface area is 133 Å². The molecule has 0 spiro atoms. The van der Waals surface area contributed by atoms with Gasteiger partial charge in [-0.05, 0) is 37.0 Å². The second kappa shape index (κ2) is 7.07. The van der Waals surface area contributed by atoms with Crippen molar-refractivity contribution in [2.75, 3.05) is 0 Å². The van der Waals surface area contributed by atoms with Crippen molar-refractivity contribution in [1.29, 1.82) is 0 Å². The van der Waals surface area contributed by atoms with Gasteiger partial charge in [0.2, 0.25) is 5.91 Å². The number of benzene rings is 1. The van der Waals surface area contributed by atoms with Crippen molar-refractivity contribution in [3.63, 3.8) is 0 Å². The van der Waals surface area contributed by atoms with Gasteiger partial charge in [-0.3, -0.25) is 9.59 Å². The van der Waals surface area contributed by atoms with Crippen LogP contribution in [0.1, 0.15) is 44.2 Å². The van der Waals surface area contributed by atoms with E-state index in [0.29, 0.717) is 12.8 Å². The van der Waals surface area contributed by atoms with Crippen LogP contribution in [0.4, 0.5) is 0 Å². The molecular weight excluding hydrogens is 334 g/mol. The Hall–Kier alpha value is -1.36. The molecule has 1 amide bonds. The van der Waals surface area contributed by atoms with E-state index in [0.717, 1.165) is 22.9 Å². The van der Waals surface area contributed by atoms with Crippen LogP contribution in [0.5, 0.6) is 0 Å². The van der Waals surface area contributed by atoms with E-state index in [4.69, 9.17) is 0 Å². The van der Waals surface area contributed by atoms with Gasteiger partial charge in [-0.15, -0.1) is 0 Å². The van der Waals surface area contributed by atoms with Crippen LogP contribution in [0.3, 0.4) is 0 Å². The Morgan fingerprint density at radius 1 is 1.29 bits per heavy atom. The molecule has 0 saturated heterocycles. The number of hydrogen-bond donors (Lipinski definition) is 2. The molecule has 0 aliphatic heterocycles. The molecule has 3 unspecified atom stereocenters. The monoisotopic (exact) mass is 353 g/mol. The van der Waals surface area contributed by atoms with Gasteiger partial charge in [0.25, 0.3) is 0 Å². The minimum atomic E-state index is -0.857. The summed E-state index contributed by atoms with van der Waals surface area (Å²) in [7, 11) is 0. The smallest absolute Gasteiger partial charge is 0.307 e. The number of carboxylic acid groups (broad SMARTS) is 1. The van der Waals surface area contributed by atoms with Crippen LogP contribution in [0, 0.1) is 11.8 Å². The van der Waals surface area contributed by atoms with Gasteiger partial charge in [0, 0.05) is 4.47 Å². The number of nitrogens with one attached hydrogen (secondary N) is 1. The molecule has 0 aromatic heterocycles. The number of hydrogen-bond acceptors (Lipinski definition) is 2. The van der Waals surface area contributed by atoms with Gasteiger partial charge in [-0.2, -0.15) is 0 Å². The van der Waals surface area contributed by atoms with E-state index in [1.165, 1.54) is 0 Å². The standard InChI is InChI=1S/C16H20BrNO3/c1-2-14(10-6-8-11(17)9-7-10)18-15(19)12-4-3-5-13(12)16(20)21/h6-9,12-14H,2-5H2,1H3,(H,18,19)(H,20,21). The van der Waals surface area contributed by atoms with Crippen LogP contribution < -0.4 is 5.32 Å². The lowest BCUT2D eigenvalue weighted by atomic mass is 9.94. The number of aliphatic carboxylic acids is 1. The highest BCUT2D eigenvalue weighted by Gasteiger charge is 2.38. The molecule has 1 aromatic carbocycles. The average Bonchev–Trinajstić information content (AvgIpc) is 2.95. The lowest BCUT2D eigenvalue weighted by molar-refractivity contribution is -0.146. The number of halogens is 1. The molecule has 1 aliphatic rings. The molecule has 2 N–H and O–H groups in total. The molecule has 1 aromatic rings. The first-order chi connectivity index (χ1) is 10.0. The first-order valence-electron chi connectivity index (χ1n) is 7.31. The molecule has 114 valence electrons. The first kappa shape index (κ1) is 16.0. The topological polar surface area (TPSA) is 66.4 Å². The average molecular weight is 354 g/mol. The van der Waals surface area contributed by atoms with Crippen molar-refractivity contribution in [1.82, 2.24) is 5.32 Å². The van der Waals surface area contributed by atoms with E-state index in [-0.39, 0.29) is 11.9 Å². The number of rotatable bonds is 5. The highest BCUT2D eigenvalue weighted by atomic mass is 79.9. The lowest BCUT2D eigenvalue weighted by Crippen LogP contribution is -2.37. The van der Waals surface area contributed by atoms with Crippen LogP contribution in [0.15, 0.2) is 28.7 Å². The Kier molecular flexibility index (Phi) is 5.39. The van der Waals surface area contributed by atoms with Crippen molar-refractivity contribution in [3.05, 3.63) is 34.3 Å². The van der Waals surface area contributed by atoms with Gasteiger partial charge in [0.05, 0.1) is 17.9 Å². The molecule has 0 radical (unpaired) electrons. The van der Waals surface area contributed by atoms with Crippen molar-refractivity contribution >= 4 is 27.8 Å². The molecule has 1 aliphatic carbocycles. The third-order valence-electron chi connectivity index (χ3n) is 4.17. The van der Waals surface area contributed by atoms with Gasteiger partial charge in [-0.25, -0.2) is 0 Å². The van der Waals surface area contributed by atoms with E-state index in [1.54, 1.807) is 0 Å². The Morgan fingerprint density at radius 2 is 1.90 bits per heavy atom. The van der Waals surface area contributed by atoms with E-state index in [9.17, 15) is 14.7 Å². The van der Waals surface area contributed by atoms with Gasteiger partial charge in [0.1, 0.15) is 0 Å². The number of carboxylic acids is 1. The SMILES string of the molecule is CCC(NC(=O)C1CCCC1C(=O)O)c1ccc(Br)cc1. The number of carbonyl (C=O) groups excluding carboxylic acids is 1.